The number of amidine groups is 1. The molecule has 2 unspecified atom stereocenters. The van der Waals surface area contributed by atoms with Crippen LogP contribution in [0.3, 0.4) is 0 Å². The summed E-state index contributed by atoms with van der Waals surface area (Å²) in [4.78, 5) is 26.5. The van der Waals surface area contributed by atoms with Crippen molar-refractivity contribution in [3.63, 3.8) is 0 Å². The first-order valence-electron chi connectivity index (χ1n) is 14.8. The van der Waals surface area contributed by atoms with E-state index < -0.39 is 12.0 Å². The van der Waals surface area contributed by atoms with Gasteiger partial charge in [0.05, 0.1) is 0 Å². The maximum atomic E-state index is 12.9. The Bertz CT molecular complexity index is 978. The summed E-state index contributed by atoms with van der Waals surface area (Å²) in [6.45, 7) is 10.3. The van der Waals surface area contributed by atoms with Crippen LogP contribution in [0.2, 0.25) is 0 Å². The number of unbranched alkanes of at least 4 members (excludes halogenated alkanes) is 1. The number of aliphatic carboxylic acids is 1. The smallest absolute Gasteiger partial charge is 0.326 e. The minimum atomic E-state index is -0.923. The third kappa shape index (κ3) is 14.1. The highest BCUT2D eigenvalue weighted by Crippen LogP contribution is 2.25. The van der Waals surface area contributed by atoms with E-state index in [4.69, 9.17) is 11.7 Å². The van der Waals surface area contributed by atoms with E-state index in [1.165, 1.54) is 5.57 Å². The molecule has 0 spiro atoms. The van der Waals surface area contributed by atoms with E-state index in [-0.39, 0.29) is 11.8 Å². The minimum Gasteiger partial charge on any atom is -0.480 e. The average Bonchev–Trinajstić information content (AvgIpc) is 2.94. The Morgan fingerprint density at radius 1 is 1.22 bits per heavy atom. The summed E-state index contributed by atoms with van der Waals surface area (Å²) in [5, 5.41) is 13.6. The lowest BCUT2D eigenvalue weighted by molar-refractivity contribution is -0.152. The van der Waals surface area contributed by atoms with Gasteiger partial charge in [-0.1, -0.05) is 83.5 Å². The molecule has 0 aromatic heterocycles. The van der Waals surface area contributed by atoms with Gasteiger partial charge >= 0.3 is 5.97 Å². The first kappa shape index (κ1) is 38.2. The van der Waals surface area contributed by atoms with Crippen LogP contribution in [0.15, 0.2) is 53.2 Å². The van der Waals surface area contributed by atoms with Crippen molar-refractivity contribution < 1.29 is 14.7 Å². The summed E-state index contributed by atoms with van der Waals surface area (Å²) in [6.07, 6.45) is 17.1. The quantitative estimate of drug-likeness (QED) is 0.0999. The Morgan fingerprint density at radius 2 is 1.88 bits per heavy atom. The highest BCUT2D eigenvalue weighted by molar-refractivity contribution is 7.97. The van der Waals surface area contributed by atoms with Crippen molar-refractivity contribution in [1.82, 2.24) is 10.3 Å². The van der Waals surface area contributed by atoms with Crippen molar-refractivity contribution in [3.8, 4) is 0 Å². The van der Waals surface area contributed by atoms with Crippen LogP contribution in [0.5, 0.6) is 0 Å². The Balaban J connectivity index is 0.00000299. The summed E-state index contributed by atoms with van der Waals surface area (Å²) in [5.74, 6) is 10.8. The molecule has 1 amide bonds. The normalized spacial score (nSPS) is 17.0. The van der Waals surface area contributed by atoms with E-state index in [0.29, 0.717) is 24.7 Å². The second-order valence-electron chi connectivity index (χ2n) is 10.2. The zero-order chi connectivity index (χ0) is 31.2. The zero-order valence-electron chi connectivity index (χ0n) is 26.4. The summed E-state index contributed by atoms with van der Waals surface area (Å²) in [6, 6.07) is 7.13. The number of carboxylic acids is 1. The Morgan fingerprint density at radius 3 is 2.44 bits per heavy atom. The molecule has 9 heteroatoms. The highest BCUT2D eigenvalue weighted by atomic mass is 32.2. The van der Waals surface area contributed by atoms with Crippen molar-refractivity contribution in [2.24, 2.45) is 28.6 Å². The topological polar surface area (TPSA) is 134 Å². The summed E-state index contributed by atoms with van der Waals surface area (Å²) < 4.78 is 0. The predicted molar refractivity (Wildman–Crippen MR) is 176 cm³/mol. The van der Waals surface area contributed by atoms with Crippen LogP contribution in [0.25, 0.3) is 0 Å². The molecule has 0 heterocycles. The molecule has 41 heavy (non-hydrogen) atoms. The van der Waals surface area contributed by atoms with Gasteiger partial charge in [0.25, 0.3) is 0 Å². The fourth-order valence-corrected chi connectivity index (χ4v) is 4.80. The Labute approximate surface area is 253 Å². The van der Waals surface area contributed by atoms with E-state index in [2.05, 4.69) is 28.8 Å². The van der Waals surface area contributed by atoms with Gasteiger partial charge in [0, 0.05) is 18.5 Å². The van der Waals surface area contributed by atoms with Crippen molar-refractivity contribution in [1.29, 1.82) is 0 Å². The fraction of sp³-hybridized carbons (Fsp3) is 0.594. The molecule has 2 atom stereocenters. The fourth-order valence-electron chi connectivity index (χ4n) is 4.80. The van der Waals surface area contributed by atoms with Crippen LogP contribution < -0.4 is 17.1 Å². The number of carbonyl (C=O) groups excluding carboxylic acids is 1. The number of carboxylic acid groups (broad SMARTS) is 1. The van der Waals surface area contributed by atoms with Gasteiger partial charge in [-0.15, -0.1) is 0 Å². The molecule has 6 N–H and O–H groups in total. The third-order valence-corrected chi connectivity index (χ3v) is 6.78. The molecule has 1 aromatic carbocycles. The van der Waals surface area contributed by atoms with Gasteiger partial charge in [0.2, 0.25) is 5.91 Å². The predicted octanol–water partition coefficient (Wildman–Crippen LogP) is 6.12. The molecule has 1 aliphatic carbocycles. The summed E-state index contributed by atoms with van der Waals surface area (Å²) >= 11 is 1.75. The summed E-state index contributed by atoms with van der Waals surface area (Å²) in [5.41, 5.74) is 5.74. The minimum absolute atomic E-state index is 0.0486. The van der Waals surface area contributed by atoms with E-state index in [0.717, 1.165) is 56.1 Å². The van der Waals surface area contributed by atoms with Gasteiger partial charge in [-0.05, 0) is 74.0 Å². The number of hydrogen-bond donors (Lipinski definition) is 4. The van der Waals surface area contributed by atoms with Gasteiger partial charge in [-0.25, -0.2) is 10.6 Å². The number of nitrogens with one attached hydrogen (secondary N) is 1. The van der Waals surface area contributed by atoms with Crippen LogP contribution in [-0.2, 0) is 16.0 Å². The first-order chi connectivity index (χ1) is 19.7. The lowest BCUT2D eigenvalue weighted by Gasteiger charge is -2.33. The number of amides is 1. The zero-order valence-corrected chi connectivity index (χ0v) is 27.2. The molecule has 0 aliphatic heterocycles. The molecule has 0 fully saturated rings. The van der Waals surface area contributed by atoms with E-state index >= 15 is 0 Å². The maximum Gasteiger partial charge on any atom is 0.326 e. The van der Waals surface area contributed by atoms with Crippen LogP contribution in [0, 0.1) is 11.8 Å². The monoisotopic (exact) mass is 589 g/mol. The standard InChI is InChI=1S/C28H43N5O3.C2H6S.C2H6/c1-4-5-16-25(34)33(26(20(2)3)28(35)36)18-17-21-10-8-12-22(13-9-11-21)19-23-14-6-7-15-24(23)27(31-29)32-30;1-3-2;1-2/h6-8,12-15,20-21,26H,4-5,9-11,16-19,29-30H2,1-3H3,(H,31,32)(H,35,36);1-2H3;1-2H3/b12-8?,22-13+;;. The van der Waals surface area contributed by atoms with Gasteiger partial charge in [0.15, 0.2) is 5.84 Å². The maximum absolute atomic E-state index is 12.9. The van der Waals surface area contributed by atoms with E-state index in [1.54, 1.807) is 16.7 Å². The second-order valence-corrected chi connectivity index (χ2v) is 11.0. The van der Waals surface area contributed by atoms with Gasteiger partial charge in [0.1, 0.15) is 6.04 Å². The number of rotatable bonds is 12. The molecule has 0 saturated carbocycles. The van der Waals surface area contributed by atoms with Crippen molar-refractivity contribution in [3.05, 3.63) is 59.2 Å². The molecule has 2 rings (SSSR count). The number of nitrogens with two attached hydrogens (primary N) is 2. The highest BCUT2D eigenvalue weighted by Gasteiger charge is 2.32. The number of hydrazine groups is 1. The average molecular weight is 590 g/mol. The molecular weight excluding hydrogens is 534 g/mol. The first-order valence-corrected chi connectivity index (χ1v) is 16.5. The SMILES string of the molecule is CC.CCCCC(=O)N(CCC1CC=C/C(Cc2ccccc2/C(=N/N)NN)=C\CC1)C(C(=O)O)C(C)C.CSC. The number of nitrogens with zero attached hydrogens (tertiary/aromatic N) is 2. The number of allylic oxidation sites excluding steroid dienone is 4. The van der Waals surface area contributed by atoms with Gasteiger partial charge < -0.3 is 21.3 Å². The number of thioether (sulfide) groups is 1. The van der Waals surface area contributed by atoms with Gasteiger partial charge in [-0.2, -0.15) is 16.9 Å². The molecular formula is C32H55N5O3S. The number of carbonyl (C=O) groups is 2. The van der Waals surface area contributed by atoms with Crippen LogP contribution in [0.4, 0.5) is 0 Å². The number of hydrogen-bond acceptors (Lipinski definition) is 6. The Kier molecular flexibility index (Phi) is 21.3. The molecule has 0 bridgehead atoms. The Hall–Kier alpha value is -2.78. The van der Waals surface area contributed by atoms with E-state index in [9.17, 15) is 14.7 Å². The van der Waals surface area contributed by atoms with Crippen molar-refractivity contribution in [2.75, 3.05) is 19.1 Å². The molecule has 232 valence electrons. The van der Waals surface area contributed by atoms with Crippen molar-refractivity contribution >= 4 is 29.5 Å². The van der Waals surface area contributed by atoms with Crippen molar-refractivity contribution in [2.45, 2.75) is 92.0 Å². The number of benzene rings is 1. The molecule has 1 aromatic rings. The molecule has 0 saturated heterocycles. The second kappa shape index (κ2) is 22.9. The van der Waals surface area contributed by atoms with Gasteiger partial charge in [-0.3, -0.25) is 4.79 Å². The third-order valence-electron chi connectivity index (χ3n) is 6.78. The van der Waals surface area contributed by atoms with Crippen LogP contribution >= 0.6 is 11.8 Å². The molecule has 0 radical (unpaired) electrons. The number of hydrazone groups is 1. The largest absolute Gasteiger partial charge is 0.480 e. The lowest BCUT2D eigenvalue weighted by atomic mass is 9.90. The van der Waals surface area contributed by atoms with Crippen LogP contribution in [-0.4, -0.2) is 52.8 Å². The van der Waals surface area contributed by atoms with E-state index in [1.807, 2.05) is 71.4 Å². The summed E-state index contributed by atoms with van der Waals surface area (Å²) in [7, 11) is 0. The lowest BCUT2D eigenvalue weighted by Crippen LogP contribution is -2.48. The molecule has 1 aliphatic rings. The van der Waals surface area contributed by atoms with Crippen LogP contribution in [0.1, 0.15) is 90.7 Å². The molecule has 8 nitrogen and oxygen atoms in total.